The van der Waals surface area contributed by atoms with Crippen molar-refractivity contribution in [3.8, 4) is 5.75 Å². The summed E-state index contributed by atoms with van der Waals surface area (Å²) in [5.41, 5.74) is 5.97. The molecule has 0 spiro atoms. The van der Waals surface area contributed by atoms with Crippen LogP contribution in [0.1, 0.15) is 6.42 Å². The van der Waals surface area contributed by atoms with Gasteiger partial charge in [0, 0.05) is 37.6 Å². The minimum atomic E-state index is 0. The maximum absolute atomic E-state index is 5.97. The van der Waals surface area contributed by atoms with Gasteiger partial charge in [0.25, 0.3) is 0 Å². The van der Waals surface area contributed by atoms with E-state index in [2.05, 4.69) is 9.89 Å². The van der Waals surface area contributed by atoms with Gasteiger partial charge < -0.3 is 15.4 Å². The van der Waals surface area contributed by atoms with Crippen molar-refractivity contribution in [3.63, 3.8) is 0 Å². The molecule has 0 radical (unpaired) electrons. The molecule has 1 aromatic carbocycles. The van der Waals surface area contributed by atoms with Crippen LogP contribution in [-0.2, 0) is 0 Å². The van der Waals surface area contributed by atoms with Crippen molar-refractivity contribution >= 4 is 41.7 Å². The van der Waals surface area contributed by atoms with Crippen LogP contribution in [-0.4, -0.2) is 48.6 Å². The van der Waals surface area contributed by atoms with E-state index in [0.29, 0.717) is 12.6 Å². The highest BCUT2D eigenvalue weighted by Crippen LogP contribution is 2.09. The lowest BCUT2D eigenvalue weighted by atomic mass is 10.3. The van der Waals surface area contributed by atoms with Crippen molar-refractivity contribution in [1.29, 1.82) is 0 Å². The molecule has 1 aliphatic rings. The van der Waals surface area contributed by atoms with Crippen LogP contribution in [0.15, 0.2) is 35.3 Å². The van der Waals surface area contributed by atoms with E-state index in [1.807, 2.05) is 42.1 Å². The van der Waals surface area contributed by atoms with Gasteiger partial charge in [-0.1, -0.05) is 18.2 Å². The van der Waals surface area contributed by atoms with Crippen LogP contribution in [0.3, 0.4) is 0 Å². The fourth-order valence-corrected chi connectivity index (χ4v) is 2.76. The zero-order valence-electron chi connectivity index (χ0n) is 11.5. The first-order valence-electron chi connectivity index (χ1n) is 6.67. The Hall–Kier alpha value is -0.630. The predicted octanol–water partition coefficient (Wildman–Crippen LogP) is 2.44. The Kier molecular flexibility index (Phi) is 8.84. The number of benzene rings is 1. The topological polar surface area (TPSA) is 50.9 Å². The lowest BCUT2D eigenvalue weighted by molar-refractivity contribution is 0.313. The third-order valence-corrected chi connectivity index (χ3v) is 3.87. The van der Waals surface area contributed by atoms with Crippen molar-refractivity contribution in [2.75, 3.05) is 37.7 Å². The molecule has 2 N–H and O–H groups in total. The molecule has 4 nitrogen and oxygen atoms in total. The molecule has 0 unspecified atom stereocenters. The summed E-state index contributed by atoms with van der Waals surface area (Å²) < 4.78 is 5.61. The van der Waals surface area contributed by atoms with Gasteiger partial charge in [-0.2, -0.15) is 11.8 Å². The Morgan fingerprint density at radius 1 is 1.25 bits per heavy atom. The molecule has 1 aromatic rings. The maximum Gasteiger partial charge on any atom is 0.191 e. The fraction of sp³-hybridized carbons (Fsp3) is 0.500. The molecule has 0 aliphatic carbocycles. The number of rotatable bonds is 5. The average Bonchev–Trinajstić information content (AvgIpc) is 2.49. The van der Waals surface area contributed by atoms with Gasteiger partial charge in [0.2, 0.25) is 0 Å². The Morgan fingerprint density at radius 2 is 1.95 bits per heavy atom. The number of thioether (sulfide) groups is 1. The van der Waals surface area contributed by atoms with Crippen LogP contribution < -0.4 is 10.5 Å². The Balaban J connectivity index is 0.00000200. The van der Waals surface area contributed by atoms with Crippen LogP contribution in [0.4, 0.5) is 0 Å². The van der Waals surface area contributed by atoms with Crippen LogP contribution in [0, 0.1) is 0 Å². The second-order valence-corrected chi connectivity index (χ2v) is 5.58. The van der Waals surface area contributed by atoms with Gasteiger partial charge in [0.15, 0.2) is 5.96 Å². The number of halogens is 1. The lowest BCUT2D eigenvalue weighted by Gasteiger charge is -2.27. The summed E-state index contributed by atoms with van der Waals surface area (Å²) in [5, 5.41) is 0. The summed E-state index contributed by atoms with van der Waals surface area (Å²) in [6.07, 6.45) is 0.887. The predicted molar refractivity (Wildman–Crippen MR) is 97.4 cm³/mol. The van der Waals surface area contributed by atoms with Crippen molar-refractivity contribution in [1.82, 2.24) is 4.90 Å². The Labute approximate surface area is 142 Å². The number of nitrogens with zero attached hydrogens (tertiary/aromatic N) is 2. The summed E-state index contributed by atoms with van der Waals surface area (Å²) >= 11 is 1.97. The van der Waals surface area contributed by atoms with E-state index in [-0.39, 0.29) is 24.0 Å². The number of hydrogen-bond acceptors (Lipinski definition) is 3. The summed E-state index contributed by atoms with van der Waals surface area (Å²) in [6, 6.07) is 9.85. The number of nitrogens with two attached hydrogens (primary N) is 1. The largest absolute Gasteiger partial charge is 0.494 e. The molecule has 6 heteroatoms. The average molecular weight is 407 g/mol. The first-order valence-corrected chi connectivity index (χ1v) is 7.82. The van der Waals surface area contributed by atoms with E-state index in [0.717, 1.165) is 43.3 Å². The van der Waals surface area contributed by atoms with Gasteiger partial charge in [0.1, 0.15) is 5.75 Å². The summed E-state index contributed by atoms with van der Waals surface area (Å²) in [4.78, 5) is 6.57. The van der Waals surface area contributed by atoms with Gasteiger partial charge in [-0.25, -0.2) is 0 Å². The molecule has 112 valence electrons. The molecular weight excluding hydrogens is 385 g/mol. The van der Waals surface area contributed by atoms with E-state index < -0.39 is 0 Å². The minimum absolute atomic E-state index is 0. The fourth-order valence-electron chi connectivity index (χ4n) is 1.86. The molecule has 1 aliphatic heterocycles. The van der Waals surface area contributed by atoms with Gasteiger partial charge in [-0.05, 0) is 12.1 Å². The van der Waals surface area contributed by atoms with Gasteiger partial charge in [-0.3, -0.25) is 4.99 Å². The minimum Gasteiger partial charge on any atom is -0.494 e. The highest BCUT2D eigenvalue weighted by atomic mass is 127. The van der Waals surface area contributed by atoms with Crippen LogP contribution >= 0.6 is 35.7 Å². The number of para-hydroxylation sites is 1. The number of guanidine groups is 1. The normalized spacial score (nSPS) is 15.6. The van der Waals surface area contributed by atoms with Crippen molar-refractivity contribution in [3.05, 3.63) is 30.3 Å². The van der Waals surface area contributed by atoms with Crippen molar-refractivity contribution in [2.24, 2.45) is 10.7 Å². The number of hydrogen-bond donors (Lipinski definition) is 1. The van der Waals surface area contributed by atoms with Crippen LogP contribution in [0.25, 0.3) is 0 Å². The smallest absolute Gasteiger partial charge is 0.191 e. The van der Waals surface area contributed by atoms with Crippen LogP contribution in [0.5, 0.6) is 5.75 Å². The van der Waals surface area contributed by atoms with E-state index >= 15 is 0 Å². The zero-order valence-corrected chi connectivity index (χ0v) is 14.7. The molecular formula is C14H22IN3OS. The number of aliphatic imine (C=N–C) groups is 1. The van der Waals surface area contributed by atoms with E-state index in [9.17, 15) is 0 Å². The lowest BCUT2D eigenvalue weighted by Crippen LogP contribution is -2.42. The molecule has 0 saturated carbocycles. The first kappa shape index (κ1) is 17.4. The Bertz CT molecular complexity index is 397. The Morgan fingerprint density at radius 3 is 2.65 bits per heavy atom. The van der Waals surface area contributed by atoms with Crippen molar-refractivity contribution < 1.29 is 4.74 Å². The molecule has 0 aromatic heterocycles. The summed E-state index contributed by atoms with van der Waals surface area (Å²) in [7, 11) is 0. The van der Waals surface area contributed by atoms with Gasteiger partial charge in [-0.15, -0.1) is 24.0 Å². The summed E-state index contributed by atoms with van der Waals surface area (Å²) in [6.45, 7) is 3.43. The molecule has 20 heavy (non-hydrogen) atoms. The molecule has 1 saturated heterocycles. The van der Waals surface area contributed by atoms with Crippen molar-refractivity contribution in [2.45, 2.75) is 6.42 Å². The number of ether oxygens (including phenoxy) is 1. The summed E-state index contributed by atoms with van der Waals surface area (Å²) in [5.74, 6) is 3.88. The monoisotopic (exact) mass is 407 g/mol. The van der Waals surface area contributed by atoms with Gasteiger partial charge >= 0.3 is 0 Å². The molecule has 1 fully saturated rings. The maximum atomic E-state index is 5.97. The molecule has 2 rings (SSSR count). The second kappa shape index (κ2) is 10.1. The van der Waals surface area contributed by atoms with E-state index in [1.54, 1.807) is 0 Å². The third-order valence-electron chi connectivity index (χ3n) is 2.92. The molecule has 0 bridgehead atoms. The molecule has 0 amide bonds. The SMILES string of the molecule is I.NC(=NCCCOc1ccccc1)N1CCSCC1. The van der Waals surface area contributed by atoms with Crippen LogP contribution in [0.2, 0.25) is 0 Å². The van der Waals surface area contributed by atoms with Gasteiger partial charge in [0.05, 0.1) is 6.61 Å². The highest BCUT2D eigenvalue weighted by Gasteiger charge is 2.11. The highest BCUT2D eigenvalue weighted by molar-refractivity contribution is 14.0. The van der Waals surface area contributed by atoms with E-state index in [1.165, 1.54) is 0 Å². The zero-order chi connectivity index (χ0) is 13.3. The second-order valence-electron chi connectivity index (χ2n) is 4.35. The van der Waals surface area contributed by atoms with E-state index in [4.69, 9.17) is 10.5 Å². The third kappa shape index (κ3) is 6.21. The molecule has 0 atom stereocenters. The standard InChI is InChI=1S/C14H21N3OS.HI/c15-14(17-8-11-19-12-9-17)16-7-4-10-18-13-5-2-1-3-6-13;/h1-3,5-6H,4,7-12H2,(H2,15,16);1H. The first-order chi connectivity index (χ1) is 9.36. The molecule has 1 heterocycles. The quantitative estimate of drug-likeness (QED) is 0.353.